The summed E-state index contributed by atoms with van der Waals surface area (Å²) in [4.78, 5) is 17.4. The number of nitrogens with two attached hydrogens (primary N) is 1. The fourth-order valence-corrected chi connectivity index (χ4v) is 4.63. The van der Waals surface area contributed by atoms with Crippen LogP contribution in [0, 0.1) is 17.8 Å². The van der Waals surface area contributed by atoms with E-state index in [1.54, 1.807) is 0 Å². The molecule has 120 valence electrons. The molecule has 1 heterocycles. The molecule has 1 amide bonds. The number of nitrogens with zero attached hydrogens (tertiary/aromatic N) is 2. The monoisotopic (exact) mass is 293 g/mol. The largest absolute Gasteiger partial charge is 0.340 e. The molecule has 3 unspecified atom stereocenters. The Morgan fingerprint density at radius 2 is 1.81 bits per heavy atom. The van der Waals surface area contributed by atoms with Crippen LogP contribution in [-0.2, 0) is 4.79 Å². The summed E-state index contributed by atoms with van der Waals surface area (Å²) in [5, 5.41) is 0. The van der Waals surface area contributed by atoms with E-state index in [0.29, 0.717) is 11.8 Å². The normalized spacial score (nSPS) is 32.8. The first-order valence-electron chi connectivity index (χ1n) is 8.99. The fraction of sp³-hybridized carbons (Fsp3) is 0.941. The Kier molecular flexibility index (Phi) is 5.17. The quantitative estimate of drug-likeness (QED) is 0.758. The first kappa shape index (κ1) is 15.3. The van der Waals surface area contributed by atoms with Crippen molar-refractivity contribution >= 4 is 5.91 Å². The smallest absolute Gasteiger partial charge is 0.226 e. The van der Waals surface area contributed by atoms with Crippen molar-refractivity contribution in [1.29, 1.82) is 0 Å². The summed E-state index contributed by atoms with van der Waals surface area (Å²) in [7, 11) is 0. The SMILES string of the molecule is NCCCCCN1CCN(C(=O)C2CC3CCC2C3)CC1. The molecule has 2 N–H and O–H groups in total. The van der Waals surface area contributed by atoms with Crippen molar-refractivity contribution in [3.8, 4) is 0 Å². The van der Waals surface area contributed by atoms with Gasteiger partial charge in [0.2, 0.25) is 5.91 Å². The van der Waals surface area contributed by atoms with Crippen molar-refractivity contribution in [2.75, 3.05) is 39.3 Å². The van der Waals surface area contributed by atoms with Gasteiger partial charge in [-0.05, 0) is 57.0 Å². The fourth-order valence-electron chi connectivity index (χ4n) is 4.63. The van der Waals surface area contributed by atoms with Gasteiger partial charge in [-0.25, -0.2) is 0 Å². The van der Waals surface area contributed by atoms with Crippen LogP contribution in [0.25, 0.3) is 0 Å². The van der Waals surface area contributed by atoms with Crippen LogP contribution in [-0.4, -0.2) is 55.0 Å². The Balaban J connectivity index is 1.38. The summed E-state index contributed by atoms with van der Waals surface area (Å²) >= 11 is 0. The lowest BCUT2D eigenvalue weighted by Gasteiger charge is -2.37. The van der Waals surface area contributed by atoms with Gasteiger partial charge >= 0.3 is 0 Å². The third-order valence-corrected chi connectivity index (χ3v) is 5.92. The predicted molar refractivity (Wildman–Crippen MR) is 84.9 cm³/mol. The van der Waals surface area contributed by atoms with Crippen LogP contribution in [0.4, 0.5) is 0 Å². The maximum atomic E-state index is 12.7. The Bertz CT molecular complexity index is 352. The second-order valence-corrected chi connectivity index (χ2v) is 7.30. The molecule has 2 bridgehead atoms. The summed E-state index contributed by atoms with van der Waals surface area (Å²) in [6, 6.07) is 0. The summed E-state index contributed by atoms with van der Waals surface area (Å²) < 4.78 is 0. The Morgan fingerprint density at radius 3 is 2.43 bits per heavy atom. The lowest BCUT2D eigenvalue weighted by atomic mass is 9.87. The van der Waals surface area contributed by atoms with E-state index in [9.17, 15) is 4.79 Å². The van der Waals surface area contributed by atoms with E-state index in [0.717, 1.165) is 51.0 Å². The van der Waals surface area contributed by atoms with Crippen LogP contribution in [0.15, 0.2) is 0 Å². The van der Waals surface area contributed by atoms with Gasteiger partial charge in [0, 0.05) is 32.1 Å². The third-order valence-electron chi connectivity index (χ3n) is 5.92. The number of rotatable bonds is 6. The van der Waals surface area contributed by atoms with Gasteiger partial charge in [-0.1, -0.05) is 12.8 Å². The molecule has 2 aliphatic carbocycles. The number of hydrogen-bond acceptors (Lipinski definition) is 3. The van der Waals surface area contributed by atoms with Gasteiger partial charge in [0.1, 0.15) is 0 Å². The number of amides is 1. The molecule has 2 saturated carbocycles. The third kappa shape index (κ3) is 3.59. The highest BCUT2D eigenvalue weighted by Crippen LogP contribution is 2.48. The first-order chi connectivity index (χ1) is 10.3. The van der Waals surface area contributed by atoms with E-state index in [1.807, 2.05) is 0 Å². The molecule has 3 aliphatic rings. The molecule has 0 spiro atoms. The van der Waals surface area contributed by atoms with Crippen molar-refractivity contribution in [3.63, 3.8) is 0 Å². The van der Waals surface area contributed by atoms with Crippen LogP contribution in [0.5, 0.6) is 0 Å². The number of carbonyl (C=O) groups excluding carboxylic acids is 1. The number of hydrogen-bond donors (Lipinski definition) is 1. The molecule has 1 saturated heterocycles. The molecule has 1 aliphatic heterocycles. The van der Waals surface area contributed by atoms with Gasteiger partial charge in [-0.3, -0.25) is 9.69 Å². The molecule has 3 atom stereocenters. The second-order valence-electron chi connectivity index (χ2n) is 7.30. The van der Waals surface area contributed by atoms with Crippen molar-refractivity contribution in [3.05, 3.63) is 0 Å². The molecular formula is C17H31N3O. The first-order valence-corrected chi connectivity index (χ1v) is 8.99. The van der Waals surface area contributed by atoms with Gasteiger partial charge in [0.05, 0.1) is 0 Å². The van der Waals surface area contributed by atoms with E-state index < -0.39 is 0 Å². The molecule has 0 aromatic heterocycles. The lowest BCUT2D eigenvalue weighted by Crippen LogP contribution is -2.51. The number of unbranched alkanes of at least 4 members (excludes halogenated alkanes) is 2. The summed E-state index contributed by atoms with van der Waals surface area (Å²) in [5.41, 5.74) is 5.53. The molecule has 3 fully saturated rings. The van der Waals surface area contributed by atoms with Crippen molar-refractivity contribution in [2.45, 2.75) is 44.9 Å². The topological polar surface area (TPSA) is 49.6 Å². The molecule has 4 nitrogen and oxygen atoms in total. The Labute approximate surface area is 129 Å². The summed E-state index contributed by atoms with van der Waals surface area (Å²) in [6.07, 6.45) is 8.83. The van der Waals surface area contributed by atoms with E-state index >= 15 is 0 Å². The highest BCUT2D eigenvalue weighted by Gasteiger charge is 2.44. The predicted octanol–water partition coefficient (Wildman–Crippen LogP) is 1.70. The van der Waals surface area contributed by atoms with Crippen molar-refractivity contribution in [1.82, 2.24) is 9.80 Å². The van der Waals surface area contributed by atoms with Gasteiger partial charge in [0.15, 0.2) is 0 Å². The van der Waals surface area contributed by atoms with Gasteiger partial charge in [0.25, 0.3) is 0 Å². The van der Waals surface area contributed by atoms with Crippen molar-refractivity contribution < 1.29 is 4.79 Å². The van der Waals surface area contributed by atoms with Gasteiger partial charge in [-0.15, -0.1) is 0 Å². The zero-order valence-corrected chi connectivity index (χ0v) is 13.3. The lowest BCUT2D eigenvalue weighted by molar-refractivity contribution is -0.139. The molecule has 0 radical (unpaired) electrons. The molecule has 3 rings (SSSR count). The second kappa shape index (κ2) is 7.10. The average Bonchev–Trinajstić information content (AvgIpc) is 3.14. The van der Waals surface area contributed by atoms with Crippen LogP contribution < -0.4 is 5.73 Å². The maximum Gasteiger partial charge on any atom is 0.226 e. The number of piperazine rings is 1. The minimum atomic E-state index is 0.375. The van der Waals surface area contributed by atoms with E-state index in [1.165, 1.54) is 45.1 Å². The molecule has 21 heavy (non-hydrogen) atoms. The van der Waals surface area contributed by atoms with Crippen molar-refractivity contribution in [2.24, 2.45) is 23.5 Å². The zero-order valence-electron chi connectivity index (χ0n) is 13.3. The highest BCUT2D eigenvalue weighted by atomic mass is 16.2. The molecule has 0 aromatic carbocycles. The summed E-state index contributed by atoms with van der Waals surface area (Å²) in [6.45, 7) is 6.01. The standard InChI is InChI=1S/C17H31N3O/c18-6-2-1-3-7-19-8-10-20(11-9-19)17(21)16-13-14-4-5-15(16)12-14/h14-16H,1-13,18H2. The molecular weight excluding hydrogens is 262 g/mol. The van der Waals surface area contributed by atoms with Gasteiger partial charge in [-0.2, -0.15) is 0 Å². The highest BCUT2D eigenvalue weighted by molar-refractivity contribution is 5.79. The van der Waals surface area contributed by atoms with Crippen LogP contribution >= 0.6 is 0 Å². The number of fused-ring (bicyclic) bond motifs is 2. The summed E-state index contributed by atoms with van der Waals surface area (Å²) in [5.74, 6) is 2.44. The molecule has 4 heteroatoms. The van der Waals surface area contributed by atoms with Crippen LogP contribution in [0.2, 0.25) is 0 Å². The van der Waals surface area contributed by atoms with E-state index in [4.69, 9.17) is 5.73 Å². The average molecular weight is 293 g/mol. The van der Waals surface area contributed by atoms with E-state index in [2.05, 4.69) is 9.80 Å². The Morgan fingerprint density at radius 1 is 1.00 bits per heavy atom. The Hall–Kier alpha value is -0.610. The van der Waals surface area contributed by atoms with Crippen LogP contribution in [0.3, 0.4) is 0 Å². The minimum Gasteiger partial charge on any atom is -0.340 e. The zero-order chi connectivity index (χ0) is 14.7. The molecule has 0 aromatic rings. The maximum absolute atomic E-state index is 12.7. The van der Waals surface area contributed by atoms with Crippen LogP contribution in [0.1, 0.15) is 44.9 Å². The van der Waals surface area contributed by atoms with E-state index in [-0.39, 0.29) is 0 Å². The number of carbonyl (C=O) groups is 1. The minimum absolute atomic E-state index is 0.375. The van der Waals surface area contributed by atoms with Gasteiger partial charge < -0.3 is 10.6 Å².